The van der Waals surface area contributed by atoms with E-state index >= 15 is 0 Å². The van der Waals surface area contributed by atoms with Crippen LogP contribution in [0.3, 0.4) is 0 Å². The number of carbonyl (C=O) groups excluding carboxylic acids is 2. The van der Waals surface area contributed by atoms with Gasteiger partial charge in [-0.15, -0.1) is 0 Å². The second-order valence-corrected chi connectivity index (χ2v) is 8.85. The number of ether oxygens (including phenoxy) is 1. The summed E-state index contributed by atoms with van der Waals surface area (Å²) in [6, 6.07) is 6.87. The summed E-state index contributed by atoms with van der Waals surface area (Å²) in [5.74, 6) is 0.175. The summed E-state index contributed by atoms with van der Waals surface area (Å²) in [7, 11) is 0. The molecule has 0 spiro atoms. The normalized spacial score (nSPS) is 22.9. The molecule has 0 aromatic heterocycles. The molecule has 6 nitrogen and oxygen atoms in total. The molecule has 146 valence electrons. The van der Waals surface area contributed by atoms with Gasteiger partial charge in [0, 0.05) is 43.5 Å². The van der Waals surface area contributed by atoms with Crippen LogP contribution in [0.5, 0.6) is 0 Å². The maximum atomic E-state index is 12.8. The Kier molecular flexibility index (Phi) is 4.32. The van der Waals surface area contributed by atoms with Gasteiger partial charge in [0.25, 0.3) is 5.91 Å². The number of hydrogen-bond donors (Lipinski definition) is 0. The fourth-order valence-electron chi connectivity index (χ4n) is 4.06. The quantitative estimate of drug-likeness (QED) is 0.799. The lowest BCUT2D eigenvalue weighted by atomic mass is 10.0. The van der Waals surface area contributed by atoms with Crippen molar-refractivity contribution >= 4 is 17.7 Å². The van der Waals surface area contributed by atoms with Crippen LogP contribution < -0.4 is 4.90 Å². The third-order valence-corrected chi connectivity index (χ3v) is 5.61. The Bertz CT molecular complexity index is 758. The van der Waals surface area contributed by atoms with Crippen molar-refractivity contribution in [1.29, 1.82) is 0 Å². The van der Waals surface area contributed by atoms with Crippen molar-refractivity contribution in [2.75, 3.05) is 31.1 Å². The van der Waals surface area contributed by atoms with Crippen LogP contribution in [-0.4, -0.2) is 59.6 Å². The molecule has 1 saturated heterocycles. The Labute approximate surface area is 161 Å². The summed E-state index contributed by atoms with van der Waals surface area (Å²) < 4.78 is 5.46. The second kappa shape index (κ2) is 6.43. The van der Waals surface area contributed by atoms with E-state index in [0.29, 0.717) is 19.1 Å². The van der Waals surface area contributed by atoms with E-state index in [4.69, 9.17) is 4.74 Å². The molecule has 2 amide bonds. The van der Waals surface area contributed by atoms with E-state index in [-0.39, 0.29) is 18.0 Å². The zero-order valence-electron chi connectivity index (χ0n) is 16.7. The summed E-state index contributed by atoms with van der Waals surface area (Å²) >= 11 is 0. The van der Waals surface area contributed by atoms with Crippen LogP contribution in [0.2, 0.25) is 0 Å². The Morgan fingerprint density at radius 3 is 2.37 bits per heavy atom. The average Bonchev–Trinajstić information content (AvgIpc) is 3.41. The molecule has 2 aliphatic heterocycles. The van der Waals surface area contributed by atoms with Crippen molar-refractivity contribution in [3.8, 4) is 0 Å². The first-order valence-corrected chi connectivity index (χ1v) is 9.94. The van der Waals surface area contributed by atoms with Crippen molar-refractivity contribution in [3.63, 3.8) is 0 Å². The molecule has 1 saturated carbocycles. The van der Waals surface area contributed by atoms with Gasteiger partial charge in [0.05, 0.1) is 6.04 Å². The molecule has 1 atom stereocenters. The minimum Gasteiger partial charge on any atom is -0.444 e. The summed E-state index contributed by atoms with van der Waals surface area (Å²) in [6.45, 7) is 10.5. The molecular weight excluding hydrogens is 342 g/mol. The van der Waals surface area contributed by atoms with Crippen LogP contribution in [0.15, 0.2) is 18.2 Å². The molecule has 0 N–H and O–H groups in total. The van der Waals surface area contributed by atoms with E-state index in [1.165, 1.54) is 0 Å². The zero-order valence-corrected chi connectivity index (χ0v) is 16.7. The first kappa shape index (κ1) is 18.1. The van der Waals surface area contributed by atoms with Gasteiger partial charge in [0.1, 0.15) is 5.60 Å². The maximum Gasteiger partial charge on any atom is 0.410 e. The van der Waals surface area contributed by atoms with Gasteiger partial charge in [-0.05, 0) is 58.2 Å². The van der Waals surface area contributed by atoms with Gasteiger partial charge < -0.3 is 19.4 Å². The zero-order chi connectivity index (χ0) is 19.3. The highest BCUT2D eigenvalue weighted by molar-refractivity contribution is 6.00. The van der Waals surface area contributed by atoms with Gasteiger partial charge in [0.15, 0.2) is 0 Å². The van der Waals surface area contributed by atoms with Gasteiger partial charge >= 0.3 is 6.09 Å². The van der Waals surface area contributed by atoms with Crippen molar-refractivity contribution in [1.82, 2.24) is 9.80 Å². The third-order valence-electron chi connectivity index (χ3n) is 5.61. The second-order valence-electron chi connectivity index (χ2n) is 8.85. The first-order valence-electron chi connectivity index (χ1n) is 9.94. The molecule has 4 rings (SSSR count). The van der Waals surface area contributed by atoms with Crippen LogP contribution in [-0.2, 0) is 4.74 Å². The van der Waals surface area contributed by atoms with Crippen LogP contribution in [0.1, 0.15) is 62.5 Å². The topological polar surface area (TPSA) is 53.1 Å². The van der Waals surface area contributed by atoms with Gasteiger partial charge in [-0.1, -0.05) is 6.07 Å². The van der Waals surface area contributed by atoms with E-state index in [9.17, 15) is 9.59 Å². The molecule has 1 aliphatic carbocycles. The molecule has 0 bridgehead atoms. The Morgan fingerprint density at radius 2 is 1.78 bits per heavy atom. The largest absolute Gasteiger partial charge is 0.444 e. The van der Waals surface area contributed by atoms with Crippen LogP contribution in [0.25, 0.3) is 0 Å². The molecule has 6 heteroatoms. The molecular formula is C21H29N3O3. The van der Waals surface area contributed by atoms with E-state index in [1.807, 2.05) is 26.8 Å². The lowest BCUT2D eigenvalue weighted by Gasteiger charge is -2.36. The predicted molar refractivity (Wildman–Crippen MR) is 104 cm³/mol. The smallest absolute Gasteiger partial charge is 0.410 e. The highest BCUT2D eigenvalue weighted by Crippen LogP contribution is 2.42. The van der Waals surface area contributed by atoms with Gasteiger partial charge in [-0.25, -0.2) is 4.79 Å². The van der Waals surface area contributed by atoms with Crippen molar-refractivity contribution in [2.45, 2.75) is 58.2 Å². The maximum absolute atomic E-state index is 12.8. The van der Waals surface area contributed by atoms with Gasteiger partial charge in [-0.2, -0.15) is 0 Å². The fourth-order valence-corrected chi connectivity index (χ4v) is 4.06. The first-order chi connectivity index (χ1) is 12.7. The number of carbonyl (C=O) groups is 2. The minimum atomic E-state index is -0.474. The number of rotatable bonds is 2. The van der Waals surface area contributed by atoms with E-state index in [1.54, 1.807) is 4.90 Å². The van der Waals surface area contributed by atoms with E-state index < -0.39 is 5.60 Å². The van der Waals surface area contributed by atoms with Crippen molar-refractivity contribution in [2.24, 2.45) is 0 Å². The Morgan fingerprint density at radius 1 is 1.11 bits per heavy atom. The number of amides is 2. The summed E-state index contributed by atoms with van der Waals surface area (Å²) in [4.78, 5) is 31.1. The summed E-state index contributed by atoms with van der Waals surface area (Å²) in [6.07, 6.45) is 2.01. The summed E-state index contributed by atoms with van der Waals surface area (Å²) in [5.41, 5.74) is 2.58. The van der Waals surface area contributed by atoms with E-state index in [0.717, 1.165) is 42.7 Å². The molecule has 1 unspecified atom stereocenters. The number of anilines is 1. The van der Waals surface area contributed by atoms with Crippen molar-refractivity contribution < 1.29 is 14.3 Å². The minimum absolute atomic E-state index is 0.175. The number of nitrogens with zero attached hydrogens (tertiary/aromatic N) is 3. The lowest BCUT2D eigenvalue weighted by molar-refractivity contribution is 0.0240. The molecule has 0 radical (unpaired) electrons. The Balaban J connectivity index is 1.43. The third kappa shape index (κ3) is 3.49. The lowest BCUT2D eigenvalue weighted by Crippen LogP contribution is -2.50. The molecule has 2 fully saturated rings. The average molecular weight is 371 g/mol. The number of hydrogen-bond acceptors (Lipinski definition) is 4. The number of benzene rings is 1. The monoisotopic (exact) mass is 371 g/mol. The standard InChI is InChI=1S/C21H29N3O3/c1-14-17-8-7-16(13-18(17)19(25)24(14)15-5-6-15)22-9-11-23(12-10-22)20(26)27-21(2,3)4/h7-8,13-15H,5-6,9-12H2,1-4H3. The van der Waals surface area contributed by atoms with Crippen molar-refractivity contribution in [3.05, 3.63) is 29.3 Å². The number of piperazine rings is 1. The van der Waals surface area contributed by atoms with Gasteiger partial charge in [0.2, 0.25) is 0 Å². The highest BCUT2D eigenvalue weighted by atomic mass is 16.6. The molecule has 2 heterocycles. The molecule has 1 aromatic carbocycles. The van der Waals surface area contributed by atoms with Gasteiger partial charge in [-0.3, -0.25) is 4.79 Å². The highest BCUT2D eigenvalue weighted by Gasteiger charge is 2.42. The molecule has 1 aromatic rings. The number of fused-ring (bicyclic) bond motifs is 1. The van der Waals surface area contributed by atoms with Crippen LogP contribution >= 0.6 is 0 Å². The fraction of sp³-hybridized carbons (Fsp3) is 0.619. The molecule has 27 heavy (non-hydrogen) atoms. The molecule has 3 aliphatic rings. The summed E-state index contributed by atoms with van der Waals surface area (Å²) in [5, 5.41) is 0. The van der Waals surface area contributed by atoms with Crippen LogP contribution in [0.4, 0.5) is 10.5 Å². The van der Waals surface area contributed by atoms with E-state index in [2.05, 4.69) is 28.9 Å². The van der Waals surface area contributed by atoms with Crippen LogP contribution in [0, 0.1) is 0 Å². The Hall–Kier alpha value is -2.24. The SMILES string of the molecule is CC1c2ccc(N3CCN(C(=O)OC(C)(C)C)CC3)cc2C(=O)N1C1CC1. The predicted octanol–water partition coefficient (Wildman–Crippen LogP) is 3.42.